The summed E-state index contributed by atoms with van der Waals surface area (Å²) >= 11 is 0. The van der Waals surface area contributed by atoms with E-state index in [4.69, 9.17) is 14.6 Å². The molecule has 1 saturated heterocycles. The Morgan fingerprint density at radius 2 is 2.00 bits per heavy atom. The first kappa shape index (κ1) is 14.7. The molecule has 3 rings (SSSR count). The third kappa shape index (κ3) is 2.61. The number of fused-ring (bicyclic) bond motifs is 1. The maximum atomic E-state index is 11.6. The molecule has 2 aliphatic rings. The van der Waals surface area contributed by atoms with E-state index in [9.17, 15) is 9.59 Å². The number of esters is 1. The van der Waals surface area contributed by atoms with Crippen molar-refractivity contribution in [3.63, 3.8) is 0 Å². The largest absolute Gasteiger partial charge is 0.487 e. The fourth-order valence-corrected chi connectivity index (χ4v) is 3.22. The maximum absolute atomic E-state index is 11.6. The summed E-state index contributed by atoms with van der Waals surface area (Å²) in [6, 6.07) is 5.34. The van der Waals surface area contributed by atoms with Crippen molar-refractivity contribution < 1.29 is 24.2 Å². The average molecular weight is 305 g/mol. The van der Waals surface area contributed by atoms with Crippen molar-refractivity contribution in [2.75, 3.05) is 20.2 Å². The lowest BCUT2D eigenvalue weighted by molar-refractivity contribution is -0.0104. The standard InChI is InChI=1S/C16H19NO5/c1-21-14(18)12-2-3-13-11(10-12)4-5-16(22-13)6-8-17(9-7-16)15(19)20/h2-3,10H,4-9H2,1H3,(H,19,20). The summed E-state index contributed by atoms with van der Waals surface area (Å²) in [5.74, 6) is 0.445. The summed E-state index contributed by atoms with van der Waals surface area (Å²) in [6.07, 6.45) is 2.22. The first-order valence-corrected chi connectivity index (χ1v) is 7.41. The van der Waals surface area contributed by atoms with Crippen LogP contribution in [0.4, 0.5) is 4.79 Å². The van der Waals surface area contributed by atoms with E-state index in [1.54, 1.807) is 6.07 Å². The molecule has 6 nitrogen and oxygen atoms in total. The van der Waals surface area contributed by atoms with E-state index in [0.29, 0.717) is 31.5 Å². The number of amides is 1. The molecule has 0 aliphatic carbocycles. The number of ether oxygens (including phenoxy) is 2. The number of methoxy groups -OCH3 is 1. The van der Waals surface area contributed by atoms with Crippen molar-refractivity contribution in [2.24, 2.45) is 0 Å². The summed E-state index contributed by atoms with van der Waals surface area (Å²) in [6.45, 7) is 1.01. The number of hydrogen-bond donors (Lipinski definition) is 1. The minimum atomic E-state index is -0.867. The van der Waals surface area contributed by atoms with E-state index in [0.717, 1.165) is 24.2 Å². The molecule has 22 heavy (non-hydrogen) atoms. The number of piperidine rings is 1. The second-order valence-electron chi connectivity index (χ2n) is 5.87. The van der Waals surface area contributed by atoms with E-state index in [1.807, 2.05) is 12.1 Å². The van der Waals surface area contributed by atoms with Gasteiger partial charge in [0.2, 0.25) is 0 Å². The van der Waals surface area contributed by atoms with Gasteiger partial charge in [0, 0.05) is 25.9 Å². The highest BCUT2D eigenvalue weighted by Gasteiger charge is 2.40. The van der Waals surface area contributed by atoms with Crippen LogP contribution in [-0.2, 0) is 11.2 Å². The third-order valence-electron chi connectivity index (χ3n) is 4.60. The molecule has 2 heterocycles. The first-order chi connectivity index (χ1) is 10.5. The molecule has 1 aromatic carbocycles. The lowest BCUT2D eigenvalue weighted by Crippen LogP contribution is -2.50. The van der Waals surface area contributed by atoms with Gasteiger partial charge in [-0.2, -0.15) is 0 Å². The van der Waals surface area contributed by atoms with E-state index in [-0.39, 0.29) is 11.6 Å². The Labute approximate surface area is 128 Å². The molecule has 0 radical (unpaired) electrons. The van der Waals surface area contributed by atoms with Crippen LogP contribution in [0, 0.1) is 0 Å². The van der Waals surface area contributed by atoms with Crippen LogP contribution in [0.3, 0.4) is 0 Å². The van der Waals surface area contributed by atoms with Gasteiger partial charge in [-0.3, -0.25) is 0 Å². The highest BCUT2D eigenvalue weighted by atomic mass is 16.5. The molecule has 0 unspecified atom stereocenters. The Balaban J connectivity index is 1.75. The zero-order valence-electron chi connectivity index (χ0n) is 12.5. The normalized spacial score (nSPS) is 19.2. The highest BCUT2D eigenvalue weighted by Crippen LogP contribution is 2.39. The van der Waals surface area contributed by atoms with Gasteiger partial charge in [0.15, 0.2) is 0 Å². The lowest BCUT2D eigenvalue weighted by atomic mass is 9.83. The second-order valence-corrected chi connectivity index (χ2v) is 5.87. The zero-order chi connectivity index (χ0) is 15.7. The Kier molecular flexibility index (Phi) is 3.68. The van der Waals surface area contributed by atoms with Crippen LogP contribution in [0.2, 0.25) is 0 Å². The van der Waals surface area contributed by atoms with Crippen LogP contribution in [-0.4, -0.2) is 47.9 Å². The summed E-state index contributed by atoms with van der Waals surface area (Å²) < 4.78 is 10.9. The zero-order valence-corrected chi connectivity index (χ0v) is 12.5. The van der Waals surface area contributed by atoms with Crippen LogP contribution < -0.4 is 4.74 Å². The van der Waals surface area contributed by atoms with Crippen molar-refractivity contribution in [1.82, 2.24) is 4.90 Å². The summed E-state index contributed by atoms with van der Waals surface area (Å²) in [4.78, 5) is 24.0. The van der Waals surface area contributed by atoms with Gasteiger partial charge in [0.25, 0.3) is 0 Å². The molecule has 0 bridgehead atoms. The van der Waals surface area contributed by atoms with Gasteiger partial charge in [-0.1, -0.05) is 0 Å². The van der Waals surface area contributed by atoms with Gasteiger partial charge in [0.1, 0.15) is 11.4 Å². The predicted molar refractivity (Wildman–Crippen MR) is 78.3 cm³/mol. The molecule has 1 fully saturated rings. The number of rotatable bonds is 1. The van der Waals surface area contributed by atoms with E-state index in [1.165, 1.54) is 12.0 Å². The van der Waals surface area contributed by atoms with Crippen molar-refractivity contribution in [1.29, 1.82) is 0 Å². The van der Waals surface area contributed by atoms with E-state index >= 15 is 0 Å². The minimum absolute atomic E-state index is 0.272. The van der Waals surface area contributed by atoms with Crippen LogP contribution in [0.25, 0.3) is 0 Å². The first-order valence-electron chi connectivity index (χ1n) is 7.41. The van der Waals surface area contributed by atoms with Crippen molar-refractivity contribution in [3.8, 4) is 5.75 Å². The molecule has 0 saturated carbocycles. The smallest absolute Gasteiger partial charge is 0.407 e. The Morgan fingerprint density at radius 3 is 2.64 bits per heavy atom. The fraction of sp³-hybridized carbons (Fsp3) is 0.500. The number of carbonyl (C=O) groups is 2. The Hall–Kier alpha value is -2.24. The molecule has 2 aliphatic heterocycles. The number of aryl methyl sites for hydroxylation is 1. The van der Waals surface area contributed by atoms with Gasteiger partial charge in [0.05, 0.1) is 12.7 Å². The molecule has 0 atom stereocenters. The van der Waals surface area contributed by atoms with Gasteiger partial charge in [-0.05, 0) is 36.6 Å². The molecule has 118 valence electrons. The number of likely N-dealkylation sites (tertiary alicyclic amines) is 1. The van der Waals surface area contributed by atoms with E-state index in [2.05, 4.69) is 0 Å². The monoisotopic (exact) mass is 305 g/mol. The van der Waals surface area contributed by atoms with Crippen LogP contribution in [0.15, 0.2) is 18.2 Å². The molecular formula is C16H19NO5. The number of carbonyl (C=O) groups excluding carboxylic acids is 1. The number of benzene rings is 1. The number of nitrogens with zero attached hydrogens (tertiary/aromatic N) is 1. The van der Waals surface area contributed by atoms with Crippen molar-refractivity contribution >= 4 is 12.1 Å². The van der Waals surface area contributed by atoms with E-state index < -0.39 is 6.09 Å². The summed E-state index contributed by atoms with van der Waals surface area (Å²) in [7, 11) is 1.36. The summed E-state index contributed by atoms with van der Waals surface area (Å²) in [5, 5.41) is 9.03. The Morgan fingerprint density at radius 1 is 1.27 bits per heavy atom. The molecule has 1 aromatic rings. The van der Waals surface area contributed by atoms with Gasteiger partial charge < -0.3 is 19.5 Å². The van der Waals surface area contributed by atoms with Gasteiger partial charge in [-0.25, -0.2) is 9.59 Å². The highest BCUT2D eigenvalue weighted by molar-refractivity contribution is 5.89. The number of hydrogen-bond acceptors (Lipinski definition) is 4. The second kappa shape index (κ2) is 5.51. The third-order valence-corrected chi connectivity index (χ3v) is 4.60. The van der Waals surface area contributed by atoms with Crippen LogP contribution in [0.5, 0.6) is 5.75 Å². The molecule has 6 heteroatoms. The quantitative estimate of drug-likeness (QED) is 0.806. The van der Waals surface area contributed by atoms with Crippen molar-refractivity contribution in [3.05, 3.63) is 29.3 Å². The Bertz CT molecular complexity index is 605. The molecular weight excluding hydrogens is 286 g/mol. The molecule has 1 N–H and O–H groups in total. The SMILES string of the molecule is COC(=O)c1ccc2c(c1)CCC1(CCN(C(=O)O)CC1)O2. The molecule has 1 spiro atoms. The summed E-state index contributed by atoms with van der Waals surface area (Å²) in [5.41, 5.74) is 1.27. The van der Waals surface area contributed by atoms with Crippen LogP contribution in [0.1, 0.15) is 35.2 Å². The topological polar surface area (TPSA) is 76.1 Å². The minimum Gasteiger partial charge on any atom is -0.487 e. The average Bonchev–Trinajstić information content (AvgIpc) is 2.54. The van der Waals surface area contributed by atoms with Crippen molar-refractivity contribution in [2.45, 2.75) is 31.3 Å². The number of carboxylic acid groups (broad SMARTS) is 1. The molecule has 0 aromatic heterocycles. The van der Waals surface area contributed by atoms with Gasteiger partial charge >= 0.3 is 12.1 Å². The lowest BCUT2D eigenvalue weighted by Gasteiger charge is -2.44. The van der Waals surface area contributed by atoms with Crippen LogP contribution >= 0.6 is 0 Å². The fourth-order valence-electron chi connectivity index (χ4n) is 3.22. The van der Waals surface area contributed by atoms with Gasteiger partial charge in [-0.15, -0.1) is 0 Å². The molecule has 1 amide bonds. The predicted octanol–water partition coefficient (Wildman–Crippen LogP) is 2.31. The maximum Gasteiger partial charge on any atom is 0.407 e.